The number of rotatable bonds is 3. The Morgan fingerprint density at radius 2 is 2.26 bits per heavy atom. The van der Waals surface area contributed by atoms with Crippen molar-refractivity contribution in [2.45, 2.75) is 13.1 Å². The van der Waals surface area contributed by atoms with Crippen LogP contribution < -0.4 is 10.1 Å². The first kappa shape index (κ1) is 13.1. The number of hydrogen-bond donors (Lipinski definition) is 1. The summed E-state index contributed by atoms with van der Waals surface area (Å²) in [7, 11) is 0. The van der Waals surface area contributed by atoms with Gasteiger partial charge in [0.1, 0.15) is 5.75 Å². The molecule has 0 aliphatic heterocycles. The van der Waals surface area contributed by atoms with Crippen LogP contribution in [0, 0.1) is 0 Å². The van der Waals surface area contributed by atoms with Crippen LogP contribution in [0.3, 0.4) is 0 Å². The number of hydrogen-bond acceptors (Lipinski definition) is 4. The predicted molar refractivity (Wildman–Crippen MR) is 58.8 cm³/mol. The van der Waals surface area contributed by atoms with Gasteiger partial charge < -0.3 is 4.74 Å². The number of alkyl halides is 3. The first-order valence-corrected chi connectivity index (χ1v) is 5.17. The largest absolute Gasteiger partial charge is 0.484 e. The molecule has 0 fully saturated rings. The molecule has 0 saturated carbocycles. The fourth-order valence-corrected chi connectivity index (χ4v) is 1.33. The minimum absolute atomic E-state index is 0.0200. The quantitative estimate of drug-likeness (QED) is 0.923. The number of pyridine rings is 1. The predicted octanol–water partition coefficient (Wildman–Crippen LogP) is 1.63. The smallest absolute Gasteiger partial charge is 0.422 e. The van der Waals surface area contributed by atoms with E-state index in [0.29, 0.717) is 0 Å². The number of anilines is 1. The number of ether oxygens (including phenoxy) is 1. The topological polar surface area (TPSA) is 68.5 Å². The summed E-state index contributed by atoms with van der Waals surface area (Å²) in [6.07, 6.45) is -3.01. The lowest BCUT2D eigenvalue weighted by atomic mass is 10.4. The molecule has 2 rings (SSSR count). The standard InChI is InChI=1S/C10H9F3N4O2/c1-6(18)14-9-15-8-4-7(2-3-17(8)16-9)19-5-10(11,12)13/h2-4H,5H2,1H3,(H,14,16,18). The van der Waals surface area contributed by atoms with Gasteiger partial charge in [0.2, 0.25) is 11.9 Å². The fourth-order valence-electron chi connectivity index (χ4n) is 1.33. The summed E-state index contributed by atoms with van der Waals surface area (Å²) in [6, 6.07) is 2.62. The molecule has 0 bridgehead atoms. The molecular formula is C10H9F3N4O2. The molecule has 2 aromatic rings. The van der Waals surface area contributed by atoms with Crippen molar-refractivity contribution in [1.29, 1.82) is 0 Å². The average molecular weight is 274 g/mol. The Kier molecular flexibility index (Phi) is 3.28. The lowest BCUT2D eigenvalue weighted by Gasteiger charge is -2.08. The van der Waals surface area contributed by atoms with Gasteiger partial charge in [0.05, 0.1) is 0 Å². The number of nitrogens with zero attached hydrogens (tertiary/aromatic N) is 3. The van der Waals surface area contributed by atoms with Crippen LogP contribution in [0.2, 0.25) is 0 Å². The van der Waals surface area contributed by atoms with Gasteiger partial charge in [-0.1, -0.05) is 0 Å². The van der Waals surface area contributed by atoms with Crippen LogP contribution in [0.5, 0.6) is 5.75 Å². The molecular weight excluding hydrogens is 265 g/mol. The molecule has 0 radical (unpaired) electrons. The van der Waals surface area contributed by atoms with E-state index in [0.717, 1.165) is 0 Å². The monoisotopic (exact) mass is 274 g/mol. The molecule has 1 N–H and O–H groups in total. The van der Waals surface area contributed by atoms with E-state index in [1.165, 1.54) is 29.8 Å². The summed E-state index contributed by atoms with van der Waals surface area (Å²) in [5.41, 5.74) is 0.267. The second kappa shape index (κ2) is 4.75. The first-order chi connectivity index (χ1) is 8.83. The van der Waals surface area contributed by atoms with Crippen molar-refractivity contribution in [3.8, 4) is 5.75 Å². The lowest BCUT2D eigenvalue weighted by molar-refractivity contribution is -0.153. The highest BCUT2D eigenvalue weighted by molar-refractivity contribution is 5.86. The van der Waals surface area contributed by atoms with E-state index in [1.807, 2.05) is 0 Å². The second-order valence-corrected chi connectivity index (χ2v) is 3.69. The van der Waals surface area contributed by atoms with E-state index in [1.54, 1.807) is 0 Å². The molecule has 0 aliphatic rings. The van der Waals surface area contributed by atoms with Crippen molar-refractivity contribution in [2.75, 3.05) is 11.9 Å². The van der Waals surface area contributed by atoms with Gasteiger partial charge in [0, 0.05) is 19.2 Å². The number of fused-ring (bicyclic) bond motifs is 1. The molecule has 1 amide bonds. The fraction of sp³-hybridized carbons (Fsp3) is 0.300. The number of carbonyl (C=O) groups excluding carboxylic acids is 1. The van der Waals surface area contributed by atoms with Gasteiger partial charge in [-0.25, -0.2) is 4.52 Å². The third kappa shape index (κ3) is 3.57. The van der Waals surface area contributed by atoms with Gasteiger partial charge in [-0.05, 0) is 6.07 Å². The zero-order chi connectivity index (χ0) is 14.0. The van der Waals surface area contributed by atoms with E-state index in [4.69, 9.17) is 0 Å². The summed E-state index contributed by atoms with van der Waals surface area (Å²) in [5, 5.41) is 6.27. The molecule has 0 unspecified atom stereocenters. The molecule has 0 aliphatic carbocycles. The third-order valence-electron chi connectivity index (χ3n) is 2.00. The Morgan fingerprint density at radius 3 is 2.89 bits per heavy atom. The molecule has 0 atom stereocenters. The average Bonchev–Trinajstić information content (AvgIpc) is 2.65. The highest BCUT2D eigenvalue weighted by Crippen LogP contribution is 2.19. The zero-order valence-electron chi connectivity index (χ0n) is 9.73. The maximum absolute atomic E-state index is 12.0. The van der Waals surface area contributed by atoms with Crippen molar-refractivity contribution in [3.05, 3.63) is 18.3 Å². The summed E-state index contributed by atoms with van der Waals surface area (Å²) in [6.45, 7) is -0.0839. The Labute approximate surface area is 105 Å². The molecule has 0 saturated heterocycles. The van der Waals surface area contributed by atoms with E-state index >= 15 is 0 Å². The van der Waals surface area contributed by atoms with Crippen LogP contribution in [0.15, 0.2) is 18.3 Å². The maximum Gasteiger partial charge on any atom is 0.422 e. The zero-order valence-corrected chi connectivity index (χ0v) is 9.73. The number of aromatic nitrogens is 3. The van der Waals surface area contributed by atoms with Crippen LogP contribution >= 0.6 is 0 Å². The van der Waals surface area contributed by atoms with Crippen LogP contribution in [0.25, 0.3) is 5.65 Å². The Hall–Kier alpha value is -2.32. The number of halogens is 3. The number of amides is 1. The molecule has 19 heavy (non-hydrogen) atoms. The Bertz CT molecular complexity index is 608. The molecule has 0 spiro atoms. The van der Waals surface area contributed by atoms with Crippen molar-refractivity contribution in [1.82, 2.24) is 14.6 Å². The van der Waals surface area contributed by atoms with Crippen LogP contribution in [0.1, 0.15) is 6.92 Å². The van der Waals surface area contributed by atoms with Crippen LogP contribution in [0.4, 0.5) is 19.1 Å². The minimum Gasteiger partial charge on any atom is -0.484 e. The highest BCUT2D eigenvalue weighted by Gasteiger charge is 2.28. The minimum atomic E-state index is -4.40. The summed E-state index contributed by atoms with van der Waals surface area (Å²) in [4.78, 5) is 14.7. The SMILES string of the molecule is CC(=O)Nc1nc2cc(OCC(F)(F)F)ccn2n1. The van der Waals surface area contributed by atoms with Crippen LogP contribution in [-0.4, -0.2) is 33.3 Å². The molecule has 2 aromatic heterocycles. The number of nitrogens with one attached hydrogen (secondary N) is 1. The summed E-state index contributed by atoms with van der Waals surface area (Å²) >= 11 is 0. The van der Waals surface area contributed by atoms with Gasteiger partial charge in [-0.15, -0.1) is 5.10 Å². The van der Waals surface area contributed by atoms with Gasteiger partial charge in [0.15, 0.2) is 12.3 Å². The third-order valence-corrected chi connectivity index (χ3v) is 2.00. The Morgan fingerprint density at radius 1 is 1.53 bits per heavy atom. The molecule has 6 nitrogen and oxygen atoms in total. The summed E-state index contributed by atoms with van der Waals surface area (Å²) < 4.78 is 41.9. The molecule has 102 valence electrons. The van der Waals surface area contributed by atoms with E-state index in [-0.39, 0.29) is 23.3 Å². The molecule has 9 heteroatoms. The van der Waals surface area contributed by atoms with Gasteiger partial charge in [-0.3, -0.25) is 10.1 Å². The molecule has 2 heterocycles. The Balaban J connectivity index is 2.18. The lowest BCUT2D eigenvalue weighted by Crippen LogP contribution is -2.19. The van der Waals surface area contributed by atoms with E-state index in [2.05, 4.69) is 20.1 Å². The van der Waals surface area contributed by atoms with Crippen LogP contribution in [-0.2, 0) is 4.79 Å². The maximum atomic E-state index is 12.0. The van der Waals surface area contributed by atoms with Crippen molar-refractivity contribution < 1.29 is 22.7 Å². The van der Waals surface area contributed by atoms with Crippen molar-refractivity contribution >= 4 is 17.5 Å². The highest BCUT2D eigenvalue weighted by atomic mass is 19.4. The normalized spacial score (nSPS) is 11.6. The van der Waals surface area contributed by atoms with Gasteiger partial charge in [0.25, 0.3) is 0 Å². The van der Waals surface area contributed by atoms with Gasteiger partial charge >= 0.3 is 6.18 Å². The number of carbonyl (C=O) groups is 1. The van der Waals surface area contributed by atoms with Gasteiger partial charge in [-0.2, -0.15) is 18.2 Å². The van der Waals surface area contributed by atoms with E-state index in [9.17, 15) is 18.0 Å². The van der Waals surface area contributed by atoms with Crippen molar-refractivity contribution in [3.63, 3.8) is 0 Å². The second-order valence-electron chi connectivity index (χ2n) is 3.69. The first-order valence-electron chi connectivity index (χ1n) is 5.17. The summed E-state index contributed by atoms with van der Waals surface area (Å²) in [5.74, 6) is -0.253. The van der Waals surface area contributed by atoms with E-state index < -0.39 is 12.8 Å². The van der Waals surface area contributed by atoms with Crippen molar-refractivity contribution in [2.24, 2.45) is 0 Å². The molecule has 0 aromatic carbocycles.